The third-order valence-corrected chi connectivity index (χ3v) is 2.49. The highest BCUT2D eigenvalue weighted by molar-refractivity contribution is 6.15. The molecule has 0 spiro atoms. The Kier molecular flexibility index (Phi) is 1.91. The predicted octanol–water partition coefficient (Wildman–Crippen LogP) is -1.48. The molecule has 1 amide bonds. The van der Waals surface area contributed by atoms with Crippen LogP contribution in [0, 0.1) is 0 Å². The molecule has 5 nitrogen and oxygen atoms in total. The second-order valence-electron chi connectivity index (χ2n) is 3.38. The van der Waals surface area contributed by atoms with Crippen molar-refractivity contribution >= 4 is 14.3 Å². The quantitative estimate of drug-likeness (QED) is 0.297. The lowest BCUT2D eigenvalue weighted by Crippen LogP contribution is -2.50. The average Bonchev–Trinajstić information content (AvgIpc) is 2.32. The van der Waals surface area contributed by atoms with E-state index < -0.39 is 11.5 Å². The summed E-state index contributed by atoms with van der Waals surface area (Å²) in [6.45, 7) is 0. The number of benzene rings is 1. The molecule has 1 atom stereocenters. The molecular formula is C9H8BNO4. The summed E-state index contributed by atoms with van der Waals surface area (Å²) < 4.78 is 0. The van der Waals surface area contributed by atoms with Gasteiger partial charge in [-0.25, -0.2) is 0 Å². The van der Waals surface area contributed by atoms with Crippen LogP contribution in [0.2, 0.25) is 0 Å². The smallest absolute Gasteiger partial charge is 0.279 e. The van der Waals surface area contributed by atoms with Gasteiger partial charge in [-0.15, -0.1) is 0 Å². The molecule has 1 unspecified atom stereocenters. The summed E-state index contributed by atoms with van der Waals surface area (Å²) in [4.78, 5) is 11.0. The summed E-state index contributed by atoms with van der Waals surface area (Å²) in [6.07, 6.45) is 0.0833. The van der Waals surface area contributed by atoms with E-state index in [1.165, 1.54) is 12.1 Å². The Labute approximate surface area is 87.0 Å². The first kappa shape index (κ1) is 10.2. The Bertz CT molecular complexity index is 383. The molecule has 0 fully saturated rings. The Morgan fingerprint density at radius 3 is 2.20 bits per heavy atom. The van der Waals surface area contributed by atoms with Crippen LogP contribution in [0.1, 0.15) is 11.1 Å². The number of nitrogens with zero attached hydrogens (tertiary/aromatic N) is 1. The van der Waals surface area contributed by atoms with E-state index in [1.54, 1.807) is 12.1 Å². The molecule has 0 aliphatic carbocycles. The van der Waals surface area contributed by atoms with Crippen molar-refractivity contribution < 1.29 is 20.1 Å². The maximum Gasteiger partial charge on any atom is 0.279 e. The van der Waals surface area contributed by atoms with Crippen LogP contribution in [0.25, 0.3) is 0 Å². The normalized spacial score (nSPS) is 27.5. The SMILES string of the molecule is [B]C1(O)c2ccccc2C(O)(O)N1C=O. The minimum Gasteiger partial charge on any atom is -0.376 e. The van der Waals surface area contributed by atoms with E-state index in [0.29, 0.717) is 4.90 Å². The lowest BCUT2D eigenvalue weighted by molar-refractivity contribution is -0.287. The van der Waals surface area contributed by atoms with Gasteiger partial charge >= 0.3 is 0 Å². The van der Waals surface area contributed by atoms with E-state index in [2.05, 4.69) is 0 Å². The van der Waals surface area contributed by atoms with Crippen LogP contribution in [0.15, 0.2) is 24.3 Å². The first-order valence-electron chi connectivity index (χ1n) is 4.23. The van der Waals surface area contributed by atoms with E-state index in [9.17, 15) is 20.1 Å². The second kappa shape index (κ2) is 2.82. The molecule has 0 saturated carbocycles. The predicted molar refractivity (Wildman–Crippen MR) is 50.1 cm³/mol. The van der Waals surface area contributed by atoms with Gasteiger partial charge in [-0.2, -0.15) is 0 Å². The summed E-state index contributed by atoms with van der Waals surface area (Å²) >= 11 is 0. The molecule has 2 rings (SSSR count). The summed E-state index contributed by atoms with van der Waals surface area (Å²) in [5, 5.41) is 29.1. The zero-order valence-electron chi connectivity index (χ0n) is 7.66. The molecule has 1 heterocycles. The average molecular weight is 205 g/mol. The maximum absolute atomic E-state index is 10.7. The molecule has 15 heavy (non-hydrogen) atoms. The number of carbonyl (C=O) groups is 1. The van der Waals surface area contributed by atoms with Crippen LogP contribution in [-0.4, -0.2) is 34.5 Å². The Morgan fingerprint density at radius 1 is 1.20 bits per heavy atom. The zero-order valence-corrected chi connectivity index (χ0v) is 7.66. The topological polar surface area (TPSA) is 81.0 Å². The van der Waals surface area contributed by atoms with Crippen LogP contribution in [0.3, 0.4) is 0 Å². The van der Waals surface area contributed by atoms with Crippen LogP contribution in [0.4, 0.5) is 0 Å². The number of fused-ring (bicyclic) bond motifs is 1. The monoisotopic (exact) mass is 205 g/mol. The minimum absolute atomic E-state index is 0.0119. The molecule has 0 saturated heterocycles. The fraction of sp³-hybridized carbons (Fsp3) is 0.222. The molecule has 1 aromatic carbocycles. The number of aliphatic hydroxyl groups is 3. The highest BCUT2D eigenvalue weighted by atomic mass is 16.5. The van der Waals surface area contributed by atoms with E-state index >= 15 is 0 Å². The van der Waals surface area contributed by atoms with Crippen LogP contribution < -0.4 is 0 Å². The van der Waals surface area contributed by atoms with Crippen molar-refractivity contribution in [3.8, 4) is 0 Å². The second-order valence-corrected chi connectivity index (χ2v) is 3.38. The van der Waals surface area contributed by atoms with E-state index in [4.69, 9.17) is 7.85 Å². The number of hydrogen-bond acceptors (Lipinski definition) is 4. The van der Waals surface area contributed by atoms with Crippen molar-refractivity contribution in [1.82, 2.24) is 4.90 Å². The molecule has 1 aliphatic rings. The van der Waals surface area contributed by atoms with E-state index in [0.717, 1.165) is 0 Å². The van der Waals surface area contributed by atoms with Gasteiger partial charge in [0, 0.05) is 11.1 Å². The largest absolute Gasteiger partial charge is 0.376 e. The molecule has 6 heteroatoms. The van der Waals surface area contributed by atoms with Crippen molar-refractivity contribution in [3.05, 3.63) is 35.4 Å². The molecule has 76 valence electrons. The third-order valence-electron chi connectivity index (χ3n) is 2.49. The molecular weight excluding hydrogens is 197 g/mol. The van der Waals surface area contributed by atoms with Crippen molar-refractivity contribution in [1.29, 1.82) is 0 Å². The van der Waals surface area contributed by atoms with Crippen molar-refractivity contribution in [2.24, 2.45) is 0 Å². The minimum atomic E-state index is -2.58. The van der Waals surface area contributed by atoms with Gasteiger partial charge in [-0.3, -0.25) is 9.69 Å². The first-order chi connectivity index (χ1) is 6.92. The summed E-state index contributed by atoms with van der Waals surface area (Å²) in [6, 6.07) is 5.90. The summed E-state index contributed by atoms with van der Waals surface area (Å²) in [5.74, 6) is -2.58. The highest BCUT2D eigenvalue weighted by Gasteiger charge is 2.53. The standard InChI is InChI=1S/C9H8BNO4/c10-8(13)6-3-1-2-4-7(6)9(14,15)11(8)5-12/h1-5,13-15H. The highest BCUT2D eigenvalue weighted by Crippen LogP contribution is 2.42. The molecule has 1 aliphatic heterocycles. The van der Waals surface area contributed by atoms with Gasteiger partial charge in [0.1, 0.15) is 5.62 Å². The Hall–Kier alpha value is -1.37. The maximum atomic E-state index is 10.7. The molecule has 3 N–H and O–H groups in total. The third kappa shape index (κ3) is 1.13. The number of amides is 1. The van der Waals surface area contributed by atoms with Gasteiger partial charge in [0.05, 0.1) is 0 Å². The molecule has 1 aromatic rings. The van der Waals surface area contributed by atoms with Crippen LogP contribution >= 0.6 is 0 Å². The van der Waals surface area contributed by atoms with Gasteiger partial charge in [-0.1, -0.05) is 24.3 Å². The lowest BCUT2D eigenvalue weighted by Gasteiger charge is -2.33. The van der Waals surface area contributed by atoms with E-state index in [-0.39, 0.29) is 17.5 Å². The van der Waals surface area contributed by atoms with Crippen LogP contribution in [-0.2, 0) is 16.3 Å². The fourth-order valence-electron chi connectivity index (χ4n) is 1.75. The summed E-state index contributed by atoms with van der Waals surface area (Å²) in [7, 11) is 5.45. The number of rotatable bonds is 1. The Morgan fingerprint density at radius 2 is 1.73 bits per heavy atom. The van der Waals surface area contributed by atoms with Gasteiger partial charge in [0.15, 0.2) is 7.85 Å². The molecule has 2 radical (unpaired) electrons. The lowest BCUT2D eigenvalue weighted by atomic mass is 9.84. The first-order valence-corrected chi connectivity index (χ1v) is 4.23. The van der Waals surface area contributed by atoms with Gasteiger partial charge in [-0.05, 0) is 0 Å². The van der Waals surface area contributed by atoms with Gasteiger partial charge < -0.3 is 15.3 Å². The van der Waals surface area contributed by atoms with Crippen molar-refractivity contribution in [2.45, 2.75) is 11.5 Å². The number of carbonyl (C=O) groups excluding carboxylic acids is 1. The zero-order chi connectivity index (χ0) is 11.3. The fourth-order valence-corrected chi connectivity index (χ4v) is 1.75. The van der Waals surface area contributed by atoms with Crippen molar-refractivity contribution in [3.63, 3.8) is 0 Å². The van der Waals surface area contributed by atoms with Gasteiger partial charge in [0.2, 0.25) is 6.41 Å². The van der Waals surface area contributed by atoms with Gasteiger partial charge in [0.25, 0.3) is 5.91 Å². The number of hydrogen-bond donors (Lipinski definition) is 3. The molecule has 0 bridgehead atoms. The van der Waals surface area contributed by atoms with Crippen molar-refractivity contribution in [2.75, 3.05) is 0 Å². The van der Waals surface area contributed by atoms with Crippen LogP contribution in [0.5, 0.6) is 0 Å². The van der Waals surface area contributed by atoms with E-state index in [1.807, 2.05) is 0 Å². The summed E-state index contributed by atoms with van der Waals surface area (Å²) in [5.41, 5.74) is -2.13. The Balaban J connectivity index is 2.70. The molecule has 0 aromatic heterocycles.